The summed E-state index contributed by atoms with van der Waals surface area (Å²) in [5.41, 5.74) is 3.65. The maximum atomic E-state index is 12.4. The summed E-state index contributed by atoms with van der Waals surface area (Å²) in [5, 5.41) is 13.0. The van der Waals surface area contributed by atoms with Gasteiger partial charge in [-0.25, -0.2) is 5.01 Å². The fourth-order valence-electron chi connectivity index (χ4n) is 2.18. The standard InChI is InChI=1S/C15H19N5O2/c1-19-8-10-20(11-9-19)18-15(22)12-4-2-3-5-13(12)17-14(21)6-7-16/h2-5H,6,8-11H2,1H3,(H,17,21)(H,18,22). The zero-order chi connectivity index (χ0) is 15.9. The minimum Gasteiger partial charge on any atom is -0.324 e. The van der Waals surface area contributed by atoms with E-state index < -0.39 is 5.91 Å². The highest BCUT2D eigenvalue weighted by molar-refractivity contribution is 6.03. The zero-order valence-electron chi connectivity index (χ0n) is 12.5. The van der Waals surface area contributed by atoms with E-state index in [1.54, 1.807) is 30.3 Å². The van der Waals surface area contributed by atoms with Gasteiger partial charge < -0.3 is 10.2 Å². The second kappa shape index (κ2) is 7.54. The van der Waals surface area contributed by atoms with E-state index in [9.17, 15) is 9.59 Å². The number of piperazine rings is 1. The number of likely N-dealkylation sites (N-methyl/N-ethyl adjacent to an activating group) is 1. The molecule has 0 radical (unpaired) electrons. The van der Waals surface area contributed by atoms with Crippen LogP contribution in [0.3, 0.4) is 0 Å². The minimum atomic E-state index is -0.428. The van der Waals surface area contributed by atoms with Gasteiger partial charge in [0.1, 0.15) is 6.42 Å². The Morgan fingerprint density at radius 1 is 1.23 bits per heavy atom. The topological polar surface area (TPSA) is 88.5 Å². The summed E-state index contributed by atoms with van der Waals surface area (Å²) in [6, 6.07) is 8.54. The number of amides is 2. The van der Waals surface area contributed by atoms with Crippen molar-refractivity contribution in [2.24, 2.45) is 0 Å². The van der Waals surface area contributed by atoms with Crippen molar-refractivity contribution >= 4 is 17.5 Å². The summed E-state index contributed by atoms with van der Waals surface area (Å²) in [5.74, 6) is -0.695. The first-order valence-corrected chi connectivity index (χ1v) is 7.10. The average molecular weight is 301 g/mol. The van der Waals surface area contributed by atoms with Gasteiger partial charge in [-0.2, -0.15) is 5.26 Å². The second-order valence-electron chi connectivity index (χ2n) is 5.16. The molecule has 1 aliphatic rings. The number of nitriles is 1. The van der Waals surface area contributed by atoms with Crippen molar-refractivity contribution in [2.45, 2.75) is 6.42 Å². The molecule has 0 atom stereocenters. The molecule has 1 aromatic rings. The lowest BCUT2D eigenvalue weighted by atomic mass is 10.1. The van der Waals surface area contributed by atoms with Gasteiger partial charge in [0.25, 0.3) is 5.91 Å². The molecule has 0 aromatic heterocycles. The van der Waals surface area contributed by atoms with Crippen molar-refractivity contribution in [1.82, 2.24) is 15.3 Å². The number of carbonyl (C=O) groups is 2. The van der Waals surface area contributed by atoms with Gasteiger partial charge in [-0.05, 0) is 19.2 Å². The lowest BCUT2D eigenvalue weighted by Gasteiger charge is -2.32. The lowest BCUT2D eigenvalue weighted by molar-refractivity contribution is -0.115. The van der Waals surface area contributed by atoms with Crippen LogP contribution in [0, 0.1) is 11.3 Å². The molecule has 2 rings (SSSR count). The van der Waals surface area contributed by atoms with E-state index >= 15 is 0 Å². The van der Waals surface area contributed by atoms with E-state index in [1.807, 2.05) is 12.1 Å². The number of hydrazine groups is 1. The van der Waals surface area contributed by atoms with Crippen molar-refractivity contribution in [3.05, 3.63) is 29.8 Å². The van der Waals surface area contributed by atoms with Gasteiger partial charge in [0.05, 0.1) is 17.3 Å². The van der Waals surface area contributed by atoms with E-state index in [4.69, 9.17) is 5.26 Å². The highest BCUT2D eigenvalue weighted by atomic mass is 16.2. The maximum Gasteiger partial charge on any atom is 0.267 e. The van der Waals surface area contributed by atoms with Crippen molar-refractivity contribution < 1.29 is 9.59 Å². The summed E-state index contributed by atoms with van der Waals surface area (Å²) < 4.78 is 0. The summed E-state index contributed by atoms with van der Waals surface area (Å²) in [7, 11) is 2.04. The van der Waals surface area contributed by atoms with Crippen LogP contribution in [-0.2, 0) is 4.79 Å². The summed E-state index contributed by atoms with van der Waals surface area (Å²) in [6.45, 7) is 3.29. The first-order valence-electron chi connectivity index (χ1n) is 7.10. The summed E-state index contributed by atoms with van der Waals surface area (Å²) in [4.78, 5) is 26.1. The number of para-hydroxylation sites is 1. The highest BCUT2D eigenvalue weighted by Crippen LogP contribution is 2.15. The van der Waals surface area contributed by atoms with Crippen LogP contribution in [0.15, 0.2) is 24.3 Å². The van der Waals surface area contributed by atoms with Crippen LogP contribution in [0.1, 0.15) is 16.8 Å². The van der Waals surface area contributed by atoms with Crippen molar-refractivity contribution in [1.29, 1.82) is 5.26 Å². The van der Waals surface area contributed by atoms with Crippen LogP contribution in [-0.4, -0.2) is 54.9 Å². The molecule has 1 fully saturated rings. The molecular weight excluding hydrogens is 282 g/mol. The summed E-state index contributed by atoms with van der Waals surface area (Å²) >= 11 is 0. The Morgan fingerprint density at radius 3 is 2.59 bits per heavy atom. The Bertz CT molecular complexity index is 588. The third kappa shape index (κ3) is 4.28. The number of hydrogen-bond donors (Lipinski definition) is 2. The molecule has 1 heterocycles. The van der Waals surface area contributed by atoms with E-state index in [0.29, 0.717) is 11.3 Å². The SMILES string of the molecule is CN1CCN(NC(=O)c2ccccc2NC(=O)CC#N)CC1. The molecule has 2 N–H and O–H groups in total. The van der Waals surface area contributed by atoms with Gasteiger partial charge in [0, 0.05) is 26.2 Å². The highest BCUT2D eigenvalue weighted by Gasteiger charge is 2.18. The molecule has 1 saturated heterocycles. The smallest absolute Gasteiger partial charge is 0.267 e. The average Bonchev–Trinajstić information content (AvgIpc) is 2.50. The number of benzene rings is 1. The minimum absolute atomic E-state index is 0.242. The molecular formula is C15H19N5O2. The molecule has 2 amide bonds. The number of hydrogen-bond acceptors (Lipinski definition) is 5. The predicted octanol–water partition coefficient (Wildman–Crippen LogP) is 0.431. The second-order valence-corrected chi connectivity index (χ2v) is 5.16. The molecule has 0 unspecified atom stereocenters. The van der Waals surface area contributed by atoms with Crippen LogP contribution in [0.25, 0.3) is 0 Å². The number of anilines is 1. The fraction of sp³-hybridized carbons (Fsp3) is 0.400. The number of nitrogens with zero attached hydrogens (tertiary/aromatic N) is 3. The number of nitrogens with one attached hydrogen (secondary N) is 2. The molecule has 22 heavy (non-hydrogen) atoms. The Balaban J connectivity index is 2.03. The molecule has 0 bridgehead atoms. The quantitative estimate of drug-likeness (QED) is 0.842. The largest absolute Gasteiger partial charge is 0.324 e. The van der Waals surface area contributed by atoms with Crippen molar-refractivity contribution in [3.8, 4) is 6.07 Å². The third-order valence-corrected chi connectivity index (χ3v) is 3.45. The Kier molecular flexibility index (Phi) is 5.47. The van der Waals surface area contributed by atoms with Crippen molar-refractivity contribution in [3.63, 3.8) is 0 Å². The number of carbonyl (C=O) groups excluding carboxylic acids is 2. The van der Waals surface area contributed by atoms with Crippen LogP contribution < -0.4 is 10.7 Å². The third-order valence-electron chi connectivity index (χ3n) is 3.45. The Labute approximate surface area is 129 Å². The van der Waals surface area contributed by atoms with Crippen LogP contribution in [0.4, 0.5) is 5.69 Å². The van der Waals surface area contributed by atoms with Gasteiger partial charge >= 0.3 is 0 Å². The van der Waals surface area contributed by atoms with E-state index in [0.717, 1.165) is 26.2 Å². The zero-order valence-corrected chi connectivity index (χ0v) is 12.5. The first kappa shape index (κ1) is 15.9. The number of rotatable bonds is 4. The Hall–Kier alpha value is -2.43. The van der Waals surface area contributed by atoms with Crippen LogP contribution >= 0.6 is 0 Å². The first-order chi connectivity index (χ1) is 10.6. The predicted molar refractivity (Wildman–Crippen MR) is 81.8 cm³/mol. The van der Waals surface area contributed by atoms with Gasteiger partial charge in [0.2, 0.25) is 5.91 Å². The molecule has 7 nitrogen and oxygen atoms in total. The van der Waals surface area contributed by atoms with Gasteiger partial charge in [0.15, 0.2) is 0 Å². The van der Waals surface area contributed by atoms with E-state index in [2.05, 4.69) is 15.6 Å². The Morgan fingerprint density at radius 2 is 1.91 bits per heavy atom. The lowest BCUT2D eigenvalue weighted by Crippen LogP contribution is -2.52. The van der Waals surface area contributed by atoms with Gasteiger partial charge in [-0.1, -0.05) is 12.1 Å². The maximum absolute atomic E-state index is 12.4. The van der Waals surface area contributed by atoms with Gasteiger partial charge in [-0.3, -0.25) is 15.0 Å². The monoisotopic (exact) mass is 301 g/mol. The van der Waals surface area contributed by atoms with Crippen LogP contribution in [0.2, 0.25) is 0 Å². The molecule has 0 spiro atoms. The van der Waals surface area contributed by atoms with E-state index in [1.165, 1.54) is 0 Å². The molecule has 0 aliphatic carbocycles. The molecule has 1 aliphatic heterocycles. The molecule has 0 saturated carbocycles. The van der Waals surface area contributed by atoms with E-state index in [-0.39, 0.29) is 12.3 Å². The molecule has 7 heteroatoms. The van der Waals surface area contributed by atoms with Crippen LogP contribution in [0.5, 0.6) is 0 Å². The van der Waals surface area contributed by atoms with Gasteiger partial charge in [-0.15, -0.1) is 0 Å². The fourth-order valence-corrected chi connectivity index (χ4v) is 2.18. The normalized spacial score (nSPS) is 15.8. The van der Waals surface area contributed by atoms with Crippen molar-refractivity contribution in [2.75, 3.05) is 38.5 Å². The summed E-state index contributed by atoms with van der Waals surface area (Å²) in [6.07, 6.45) is -0.242. The molecule has 116 valence electrons. The molecule has 1 aromatic carbocycles.